The molecule has 0 aliphatic carbocycles. The summed E-state index contributed by atoms with van der Waals surface area (Å²) >= 11 is 0. The lowest BCUT2D eigenvalue weighted by atomic mass is 10.4. The number of amides is 1. The molecule has 4 heteroatoms. The normalized spacial score (nSPS) is 8.00. The van der Waals surface area contributed by atoms with Crippen molar-refractivity contribution in [3.8, 4) is 0 Å². The van der Waals surface area contributed by atoms with Crippen molar-refractivity contribution in [3.63, 3.8) is 0 Å². The van der Waals surface area contributed by atoms with Crippen molar-refractivity contribution in [1.29, 1.82) is 0 Å². The number of nitroso groups, excluding NO2 is 1. The highest BCUT2D eigenvalue weighted by atomic mass is 16.3. The molecule has 0 aromatic carbocycles. The number of carbonyl (C=O) groups excluding carboxylic acids is 1. The molecular formula is C4H8N2O2. The number of nitrogens with one attached hydrogen (secondary N) is 1. The first kappa shape index (κ1) is 7.07. The van der Waals surface area contributed by atoms with Crippen molar-refractivity contribution in [2.24, 2.45) is 5.18 Å². The SMILES string of the molecule is O=CNCCCN=O. The molecule has 0 radical (unpaired) electrons. The van der Waals surface area contributed by atoms with Gasteiger partial charge in [0.2, 0.25) is 6.41 Å². The van der Waals surface area contributed by atoms with Gasteiger partial charge in [0.1, 0.15) is 0 Å². The molecule has 0 aliphatic rings. The van der Waals surface area contributed by atoms with Crippen LogP contribution < -0.4 is 5.32 Å². The lowest BCUT2D eigenvalue weighted by molar-refractivity contribution is -0.109. The second-order valence-corrected chi connectivity index (χ2v) is 1.28. The van der Waals surface area contributed by atoms with E-state index in [0.717, 1.165) is 0 Å². The summed E-state index contributed by atoms with van der Waals surface area (Å²) in [6.07, 6.45) is 1.23. The van der Waals surface area contributed by atoms with E-state index in [2.05, 4.69) is 10.5 Å². The summed E-state index contributed by atoms with van der Waals surface area (Å²) in [6.45, 7) is 0.816. The Labute approximate surface area is 47.2 Å². The van der Waals surface area contributed by atoms with E-state index in [9.17, 15) is 9.70 Å². The summed E-state index contributed by atoms with van der Waals surface area (Å²) in [5.74, 6) is 0. The van der Waals surface area contributed by atoms with Gasteiger partial charge in [0.05, 0.1) is 6.54 Å². The van der Waals surface area contributed by atoms with Crippen LogP contribution in [-0.2, 0) is 4.79 Å². The molecule has 46 valence electrons. The maximum Gasteiger partial charge on any atom is 0.207 e. The molecule has 4 nitrogen and oxygen atoms in total. The average Bonchev–Trinajstić information content (AvgIpc) is 1.81. The van der Waals surface area contributed by atoms with E-state index in [4.69, 9.17) is 0 Å². The summed E-state index contributed by atoms with van der Waals surface area (Å²) < 4.78 is 0. The van der Waals surface area contributed by atoms with Crippen LogP contribution in [0.15, 0.2) is 5.18 Å². The Kier molecular flexibility index (Phi) is 5.36. The van der Waals surface area contributed by atoms with Gasteiger partial charge in [-0.2, -0.15) is 4.91 Å². The third-order valence-electron chi connectivity index (χ3n) is 0.654. The lowest BCUT2D eigenvalue weighted by Gasteiger charge is -1.89. The van der Waals surface area contributed by atoms with Crippen LogP contribution in [0, 0.1) is 4.91 Å². The predicted octanol–water partition coefficient (Wildman–Crippen LogP) is -0.111. The second-order valence-electron chi connectivity index (χ2n) is 1.28. The van der Waals surface area contributed by atoms with Crippen LogP contribution in [-0.4, -0.2) is 19.5 Å². The molecule has 1 amide bonds. The molecule has 0 rings (SSSR count). The van der Waals surface area contributed by atoms with Gasteiger partial charge in [-0.15, -0.1) is 0 Å². The average molecular weight is 116 g/mol. The predicted molar refractivity (Wildman–Crippen MR) is 29.3 cm³/mol. The number of hydrogen-bond donors (Lipinski definition) is 1. The molecule has 0 saturated carbocycles. The van der Waals surface area contributed by atoms with Gasteiger partial charge in [-0.3, -0.25) is 4.79 Å². The Bertz CT molecular complexity index is 64.4. The molecular weight excluding hydrogens is 108 g/mol. The number of carbonyl (C=O) groups is 1. The van der Waals surface area contributed by atoms with Gasteiger partial charge in [0.25, 0.3) is 0 Å². The minimum absolute atomic E-state index is 0.279. The van der Waals surface area contributed by atoms with E-state index >= 15 is 0 Å². The molecule has 0 unspecified atom stereocenters. The fraction of sp³-hybridized carbons (Fsp3) is 0.750. The van der Waals surface area contributed by atoms with Crippen LogP contribution in [0.5, 0.6) is 0 Å². The van der Waals surface area contributed by atoms with Gasteiger partial charge in [-0.1, -0.05) is 5.18 Å². The third-order valence-corrected chi connectivity index (χ3v) is 0.654. The van der Waals surface area contributed by atoms with Crippen molar-refractivity contribution in [2.45, 2.75) is 6.42 Å². The van der Waals surface area contributed by atoms with Crippen LogP contribution in [0.25, 0.3) is 0 Å². The monoisotopic (exact) mass is 116 g/mol. The summed E-state index contributed by atoms with van der Waals surface area (Å²) in [7, 11) is 0. The van der Waals surface area contributed by atoms with Gasteiger partial charge < -0.3 is 5.32 Å². The van der Waals surface area contributed by atoms with Crippen molar-refractivity contribution in [1.82, 2.24) is 5.32 Å². The highest BCUT2D eigenvalue weighted by molar-refractivity contribution is 5.45. The van der Waals surface area contributed by atoms with Crippen molar-refractivity contribution < 1.29 is 4.79 Å². The maximum atomic E-state index is 9.55. The van der Waals surface area contributed by atoms with Gasteiger partial charge in [0, 0.05) is 6.54 Å². The zero-order valence-electron chi connectivity index (χ0n) is 4.46. The smallest absolute Gasteiger partial charge is 0.207 e. The lowest BCUT2D eigenvalue weighted by Crippen LogP contribution is -2.12. The summed E-state index contributed by atoms with van der Waals surface area (Å²) in [5.41, 5.74) is 0. The Morgan fingerprint density at radius 1 is 1.62 bits per heavy atom. The minimum atomic E-state index is 0.279. The van der Waals surface area contributed by atoms with Crippen molar-refractivity contribution >= 4 is 6.41 Å². The molecule has 1 N–H and O–H groups in total. The molecule has 0 heterocycles. The molecule has 0 fully saturated rings. The summed E-state index contributed by atoms with van der Waals surface area (Å²) in [6, 6.07) is 0. The maximum absolute atomic E-state index is 9.55. The fourth-order valence-corrected chi connectivity index (χ4v) is 0.305. The quantitative estimate of drug-likeness (QED) is 0.309. The van der Waals surface area contributed by atoms with Crippen molar-refractivity contribution in [3.05, 3.63) is 4.91 Å². The van der Waals surface area contributed by atoms with Gasteiger partial charge in [-0.25, -0.2) is 0 Å². The van der Waals surface area contributed by atoms with E-state index in [-0.39, 0.29) is 6.54 Å². The van der Waals surface area contributed by atoms with E-state index in [1.54, 1.807) is 0 Å². The standard InChI is InChI=1S/C4H8N2O2/c7-4-5-2-1-3-6-8/h4H,1-3H2,(H,5,7). The molecule has 0 aliphatic heterocycles. The van der Waals surface area contributed by atoms with Crippen LogP contribution in [0.1, 0.15) is 6.42 Å². The van der Waals surface area contributed by atoms with E-state index in [1.807, 2.05) is 0 Å². The number of nitrogens with zero attached hydrogens (tertiary/aromatic N) is 1. The third kappa shape index (κ3) is 5.07. The molecule has 0 bridgehead atoms. The van der Waals surface area contributed by atoms with Gasteiger partial charge in [0.15, 0.2) is 0 Å². The number of rotatable bonds is 5. The first-order chi connectivity index (χ1) is 3.91. The number of hydrogen-bond acceptors (Lipinski definition) is 3. The Morgan fingerprint density at radius 2 is 2.38 bits per heavy atom. The van der Waals surface area contributed by atoms with E-state index in [0.29, 0.717) is 19.4 Å². The van der Waals surface area contributed by atoms with E-state index in [1.165, 1.54) is 0 Å². The molecule has 0 saturated heterocycles. The summed E-state index contributed by atoms with van der Waals surface area (Å²) in [4.78, 5) is 19.0. The summed E-state index contributed by atoms with van der Waals surface area (Å²) in [5, 5.41) is 5.01. The van der Waals surface area contributed by atoms with Crippen LogP contribution in [0.2, 0.25) is 0 Å². The fourth-order valence-electron chi connectivity index (χ4n) is 0.305. The minimum Gasteiger partial charge on any atom is -0.359 e. The Balaban J connectivity index is 2.71. The topological polar surface area (TPSA) is 58.5 Å². The Morgan fingerprint density at radius 3 is 2.88 bits per heavy atom. The van der Waals surface area contributed by atoms with Crippen LogP contribution in [0.4, 0.5) is 0 Å². The first-order valence-electron chi connectivity index (χ1n) is 2.38. The molecule has 0 aromatic heterocycles. The van der Waals surface area contributed by atoms with Crippen molar-refractivity contribution in [2.75, 3.05) is 13.1 Å². The van der Waals surface area contributed by atoms with E-state index < -0.39 is 0 Å². The largest absolute Gasteiger partial charge is 0.359 e. The zero-order valence-corrected chi connectivity index (χ0v) is 4.46. The molecule has 0 aromatic rings. The highest BCUT2D eigenvalue weighted by Gasteiger charge is 1.81. The highest BCUT2D eigenvalue weighted by Crippen LogP contribution is 1.74. The zero-order chi connectivity index (χ0) is 6.24. The molecule has 8 heavy (non-hydrogen) atoms. The molecule has 0 spiro atoms. The first-order valence-corrected chi connectivity index (χ1v) is 2.38. The van der Waals surface area contributed by atoms with Gasteiger partial charge in [-0.05, 0) is 6.42 Å². The Hall–Kier alpha value is -0.930. The van der Waals surface area contributed by atoms with Gasteiger partial charge >= 0.3 is 0 Å². The second kappa shape index (κ2) is 6.07. The van der Waals surface area contributed by atoms with Crippen LogP contribution in [0.3, 0.4) is 0 Å². The van der Waals surface area contributed by atoms with Crippen LogP contribution >= 0.6 is 0 Å². The molecule has 0 atom stereocenters.